The van der Waals surface area contributed by atoms with Crippen LogP contribution in [0.2, 0.25) is 0 Å². The minimum atomic E-state index is -1.07. The number of amides is 1. The second-order valence-corrected chi connectivity index (χ2v) is 13.5. The molecule has 0 aliphatic heterocycles. The predicted octanol–water partition coefficient (Wildman–Crippen LogP) is 10.3. The van der Waals surface area contributed by atoms with E-state index in [1.807, 2.05) is 0 Å². The van der Waals surface area contributed by atoms with Gasteiger partial charge in [0.25, 0.3) is 0 Å². The summed E-state index contributed by atoms with van der Waals surface area (Å²) in [5, 5.41) is 33.1. The maximum absolute atomic E-state index is 12.4. The Morgan fingerprint density at radius 3 is 1.05 bits per heavy atom. The van der Waals surface area contributed by atoms with E-state index in [9.17, 15) is 20.1 Å². The highest BCUT2D eigenvalue weighted by atomic mass is 16.3. The minimum absolute atomic E-state index is 0.309. The van der Waals surface area contributed by atoms with Gasteiger partial charge in [0.05, 0.1) is 18.8 Å². The summed E-state index contributed by atoms with van der Waals surface area (Å²) >= 11 is 0. The molecule has 0 aliphatic rings. The van der Waals surface area contributed by atoms with Crippen molar-refractivity contribution in [3.8, 4) is 0 Å². The molecule has 0 spiro atoms. The number of nitrogens with one attached hydrogen (secondary N) is 1. The van der Waals surface area contributed by atoms with Crippen LogP contribution in [0.15, 0.2) is 0 Å². The van der Waals surface area contributed by atoms with Gasteiger partial charge in [0.15, 0.2) is 0 Å². The van der Waals surface area contributed by atoms with Gasteiger partial charge in [-0.15, -0.1) is 0 Å². The molecule has 3 unspecified atom stereocenters. The maximum atomic E-state index is 12.4. The van der Waals surface area contributed by atoms with E-state index in [1.54, 1.807) is 0 Å². The average Bonchev–Trinajstić information content (AvgIpc) is 3.01. The van der Waals surface area contributed by atoms with Gasteiger partial charge in [-0.25, -0.2) is 0 Å². The Balaban J connectivity index is 3.59. The molecule has 0 aromatic rings. The first-order valence-electron chi connectivity index (χ1n) is 19.3. The first-order valence-corrected chi connectivity index (χ1v) is 19.3. The molecule has 0 bridgehead atoms. The van der Waals surface area contributed by atoms with E-state index in [-0.39, 0.29) is 6.61 Å². The molecular formula is C38H77NO4. The first kappa shape index (κ1) is 42.3. The van der Waals surface area contributed by atoms with Crippen LogP contribution in [-0.2, 0) is 4.79 Å². The van der Waals surface area contributed by atoms with Crippen molar-refractivity contribution in [2.45, 2.75) is 231 Å². The molecule has 0 aromatic carbocycles. The molecule has 3 atom stereocenters. The molecular weight excluding hydrogens is 534 g/mol. The minimum Gasteiger partial charge on any atom is -0.394 e. The van der Waals surface area contributed by atoms with E-state index in [0.717, 1.165) is 32.1 Å². The molecule has 0 heterocycles. The third-order valence-electron chi connectivity index (χ3n) is 9.23. The highest BCUT2D eigenvalue weighted by Crippen LogP contribution is 2.16. The average molecular weight is 612 g/mol. The summed E-state index contributed by atoms with van der Waals surface area (Å²) in [4.78, 5) is 12.4. The van der Waals surface area contributed by atoms with Crippen molar-refractivity contribution in [1.82, 2.24) is 5.32 Å². The Morgan fingerprint density at radius 1 is 0.465 bits per heavy atom. The fourth-order valence-electron chi connectivity index (χ4n) is 6.13. The molecule has 5 nitrogen and oxygen atoms in total. The van der Waals surface area contributed by atoms with Crippen molar-refractivity contribution in [3.05, 3.63) is 0 Å². The van der Waals surface area contributed by atoms with E-state index >= 15 is 0 Å². The summed E-state index contributed by atoms with van der Waals surface area (Å²) in [5.41, 5.74) is 0. The first-order chi connectivity index (χ1) is 21.1. The number of rotatable bonds is 35. The summed E-state index contributed by atoms with van der Waals surface area (Å²) in [6, 6.07) is -0.703. The van der Waals surface area contributed by atoms with E-state index in [0.29, 0.717) is 12.8 Å². The molecule has 0 fully saturated rings. The summed E-state index contributed by atoms with van der Waals surface area (Å²) in [7, 11) is 0. The Labute approximate surface area is 268 Å². The molecule has 0 rings (SSSR count). The van der Waals surface area contributed by atoms with E-state index in [2.05, 4.69) is 19.2 Å². The van der Waals surface area contributed by atoms with Gasteiger partial charge in [-0.3, -0.25) is 4.79 Å². The predicted molar refractivity (Wildman–Crippen MR) is 186 cm³/mol. The maximum Gasteiger partial charge on any atom is 0.249 e. The zero-order valence-electron chi connectivity index (χ0n) is 29.1. The third-order valence-corrected chi connectivity index (χ3v) is 9.23. The Bertz CT molecular complexity index is 558. The highest BCUT2D eigenvalue weighted by Gasteiger charge is 2.23. The number of hydrogen-bond acceptors (Lipinski definition) is 4. The van der Waals surface area contributed by atoms with Crippen LogP contribution >= 0.6 is 0 Å². The van der Waals surface area contributed by atoms with Gasteiger partial charge >= 0.3 is 0 Å². The Hall–Kier alpha value is -0.650. The second-order valence-electron chi connectivity index (χ2n) is 13.5. The van der Waals surface area contributed by atoms with Crippen molar-refractivity contribution < 1.29 is 20.1 Å². The number of aliphatic hydroxyl groups is 3. The molecule has 0 radical (unpaired) electrons. The van der Waals surface area contributed by atoms with E-state index in [1.165, 1.54) is 154 Å². The fourth-order valence-corrected chi connectivity index (χ4v) is 6.13. The normalized spacial score (nSPS) is 13.7. The van der Waals surface area contributed by atoms with Gasteiger partial charge in [-0.1, -0.05) is 200 Å². The van der Waals surface area contributed by atoms with Crippen molar-refractivity contribution in [2.75, 3.05) is 6.61 Å². The number of aliphatic hydroxyl groups excluding tert-OH is 3. The van der Waals surface area contributed by atoms with Gasteiger partial charge < -0.3 is 20.6 Å². The topological polar surface area (TPSA) is 89.8 Å². The molecule has 4 N–H and O–H groups in total. The van der Waals surface area contributed by atoms with Crippen LogP contribution in [0.5, 0.6) is 0 Å². The SMILES string of the molecule is CCCCCCCCCCCCCCCCCCCCCC(O)C(=O)NC(CO)C(O)CCCCCCCCCCCC. The van der Waals surface area contributed by atoms with Crippen molar-refractivity contribution >= 4 is 5.91 Å². The second kappa shape index (κ2) is 34.2. The van der Waals surface area contributed by atoms with Gasteiger partial charge in [-0.05, 0) is 12.8 Å². The van der Waals surface area contributed by atoms with Crippen LogP contribution in [0.4, 0.5) is 0 Å². The monoisotopic (exact) mass is 612 g/mol. The van der Waals surface area contributed by atoms with Crippen LogP contribution in [0.25, 0.3) is 0 Å². The molecule has 5 heteroatoms. The van der Waals surface area contributed by atoms with Gasteiger partial charge in [0, 0.05) is 0 Å². The largest absolute Gasteiger partial charge is 0.394 e. The van der Waals surface area contributed by atoms with Gasteiger partial charge in [-0.2, -0.15) is 0 Å². The van der Waals surface area contributed by atoms with Crippen molar-refractivity contribution in [3.63, 3.8) is 0 Å². The fraction of sp³-hybridized carbons (Fsp3) is 0.974. The Morgan fingerprint density at radius 2 is 0.744 bits per heavy atom. The van der Waals surface area contributed by atoms with Crippen molar-refractivity contribution in [2.24, 2.45) is 0 Å². The summed E-state index contributed by atoms with van der Waals surface area (Å²) in [6.07, 6.45) is 36.6. The van der Waals surface area contributed by atoms with Gasteiger partial charge in [0.2, 0.25) is 5.91 Å². The summed E-state index contributed by atoms with van der Waals surface area (Å²) in [6.45, 7) is 4.22. The lowest BCUT2D eigenvalue weighted by atomic mass is 10.0. The molecule has 43 heavy (non-hydrogen) atoms. The standard InChI is InChI=1S/C38H77NO4/c1-3-5-7-9-11-13-15-16-17-18-19-20-21-22-23-25-27-29-31-33-37(42)38(43)39-35(34-40)36(41)32-30-28-26-24-14-12-10-8-6-4-2/h35-37,40-42H,3-34H2,1-2H3,(H,39,43). The van der Waals surface area contributed by atoms with E-state index in [4.69, 9.17) is 0 Å². The van der Waals surface area contributed by atoms with Crippen molar-refractivity contribution in [1.29, 1.82) is 0 Å². The van der Waals surface area contributed by atoms with Crippen LogP contribution in [0, 0.1) is 0 Å². The summed E-state index contributed by atoms with van der Waals surface area (Å²) in [5.74, 6) is -0.469. The van der Waals surface area contributed by atoms with Crippen LogP contribution < -0.4 is 5.32 Å². The van der Waals surface area contributed by atoms with Crippen LogP contribution in [0.1, 0.15) is 213 Å². The molecule has 1 amide bonds. The lowest BCUT2D eigenvalue weighted by molar-refractivity contribution is -0.131. The van der Waals surface area contributed by atoms with E-state index < -0.39 is 24.2 Å². The number of carbonyl (C=O) groups is 1. The van der Waals surface area contributed by atoms with Crippen LogP contribution in [-0.4, -0.2) is 46.1 Å². The quantitative estimate of drug-likeness (QED) is 0.0537. The van der Waals surface area contributed by atoms with Gasteiger partial charge in [0.1, 0.15) is 6.10 Å². The third kappa shape index (κ3) is 29.8. The molecule has 0 aliphatic carbocycles. The highest BCUT2D eigenvalue weighted by molar-refractivity contribution is 5.80. The zero-order chi connectivity index (χ0) is 31.6. The summed E-state index contributed by atoms with van der Waals surface area (Å²) < 4.78 is 0. The Kier molecular flexibility index (Phi) is 33.7. The number of unbranched alkanes of at least 4 members (excludes halogenated alkanes) is 27. The molecule has 0 aromatic heterocycles. The van der Waals surface area contributed by atoms with Crippen LogP contribution in [0.3, 0.4) is 0 Å². The molecule has 0 saturated heterocycles. The lowest BCUT2D eigenvalue weighted by Crippen LogP contribution is -2.49. The molecule has 258 valence electrons. The lowest BCUT2D eigenvalue weighted by Gasteiger charge is -2.23. The number of hydrogen-bond donors (Lipinski definition) is 4. The molecule has 0 saturated carbocycles. The smallest absolute Gasteiger partial charge is 0.249 e. The zero-order valence-corrected chi connectivity index (χ0v) is 29.1. The number of carbonyl (C=O) groups excluding carboxylic acids is 1.